The highest BCUT2D eigenvalue weighted by molar-refractivity contribution is 6.00. The number of nitro groups is 2. The standard InChI is InChI=1S/C15H11N5O7/c1-2-26-15(21)8-3-5-9(6-4-8)16-12-10(19(22)23)7-11(20(24)25)13-14(12)18-27-17-13/h3-7,16H,2H2,1H3. The SMILES string of the molecule is CCOC(=O)c1ccc(Nc2c([N+](=O)[O-])cc([N+](=O)[O-])c3nonc23)cc1. The molecule has 0 aliphatic heterocycles. The van der Waals surface area contributed by atoms with Gasteiger partial charge in [0, 0.05) is 5.69 Å². The summed E-state index contributed by atoms with van der Waals surface area (Å²) in [6.45, 7) is 1.91. The van der Waals surface area contributed by atoms with Crippen LogP contribution in [-0.4, -0.2) is 32.7 Å². The first kappa shape index (κ1) is 17.7. The number of nitrogens with zero attached hydrogens (tertiary/aromatic N) is 4. The van der Waals surface area contributed by atoms with E-state index in [2.05, 4.69) is 20.3 Å². The fraction of sp³-hybridized carbons (Fsp3) is 0.133. The summed E-state index contributed by atoms with van der Waals surface area (Å²) in [6.07, 6.45) is 0. The van der Waals surface area contributed by atoms with Crippen LogP contribution in [-0.2, 0) is 4.74 Å². The molecule has 0 atom stereocenters. The molecular formula is C15H11N5O7. The van der Waals surface area contributed by atoms with E-state index < -0.39 is 27.2 Å². The van der Waals surface area contributed by atoms with Crippen LogP contribution < -0.4 is 5.32 Å². The lowest BCUT2D eigenvalue weighted by Crippen LogP contribution is -2.05. The lowest BCUT2D eigenvalue weighted by molar-refractivity contribution is -0.392. The van der Waals surface area contributed by atoms with Gasteiger partial charge in [0.05, 0.1) is 28.1 Å². The summed E-state index contributed by atoms with van der Waals surface area (Å²) in [5.41, 5.74) is -0.994. The molecule has 27 heavy (non-hydrogen) atoms. The molecule has 0 aliphatic rings. The predicted octanol–water partition coefficient (Wildman–Crippen LogP) is 2.96. The predicted molar refractivity (Wildman–Crippen MR) is 90.8 cm³/mol. The van der Waals surface area contributed by atoms with E-state index in [4.69, 9.17) is 4.74 Å². The van der Waals surface area contributed by atoms with Crippen molar-refractivity contribution < 1.29 is 24.0 Å². The number of hydrogen-bond acceptors (Lipinski definition) is 10. The number of non-ortho nitro benzene ring substituents is 1. The van der Waals surface area contributed by atoms with E-state index in [9.17, 15) is 25.0 Å². The first-order valence-corrected chi connectivity index (χ1v) is 7.54. The van der Waals surface area contributed by atoms with E-state index in [0.717, 1.165) is 6.07 Å². The molecule has 0 saturated carbocycles. The molecule has 0 radical (unpaired) electrons. The van der Waals surface area contributed by atoms with Crippen LogP contribution >= 0.6 is 0 Å². The number of hydrogen-bond donors (Lipinski definition) is 1. The van der Waals surface area contributed by atoms with Crippen molar-refractivity contribution in [2.45, 2.75) is 6.92 Å². The quantitative estimate of drug-likeness (QED) is 0.386. The molecule has 1 N–H and O–H groups in total. The molecule has 12 nitrogen and oxygen atoms in total. The lowest BCUT2D eigenvalue weighted by Gasteiger charge is -2.08. The summed E-state index contributed by atoms with van der Waals surface area (Å²) in [5, 5.41) is 32.2. The highest BCUT2D eigenvalue weighted by Crippen LogP contribution is 2.39. The molecule has 0 saturated heterocycles. The fourth-order valence-electron chi connectivity index (χ4n) is 2.37. The molecular weight excluding hydrogens is 362 g/mol. The Hall–Kier alpha value is -4.09. The van der Waals surface area contributed by atoms with E-state index in [-0.39, 0.29) is 23.3 Å². The molecule has 12 heteroatoms. The third-order valence-electron chi connectivity index (χ3n) is 3.56. The second-order valence-corrected chi connectivity index (χ2v) is 5.19. The number of aromatic nitrogens is 2. The zero-order valence-electron chi connectivity index (χ0n) is 13.7. The Balaban J connectivity index is 2.04. The van der Waals surface area contributed by atoms with Gasteiger partial charge in [-0.3, -0.25) is 20.2 Å². The van der Waals surface area contributed by atoms with Crippen molar-refractivity contribution in [3.8, 4) is 0 Å². The summed E-state index contributed by atoms with van der Waals surface area (Å²) < 4.78 is 9.39. The minimum Gasteiger partial charge on any atom is -0.462 e. The molecule has 0 fully saturated rings. The number of rotatable bonds is 6. The van der Waals surface area contributed by atoms with Crippen LogP contribution in [0.1, 0.15) is 17.3 Å². The van der Waals surface area contributed by atoms with Gasteiger partial charge in [-0.1, -0.05) is 0 Å². The Labute approximate surface area is 150 Å². The van der Waals surface area contributed by atoms with Gasteiger partial charge in [-0.2, -0.15) is 0 Å². The van der Waals surface area contributed by atoms with Crippen molar-refractivity contribution >= 4 is 39.8 Å². The van der Waals surface area contributed by atoms with Crippen LogP contribution in [0, 0.1) is 20.2 Å². The molecule has 0 amide bonds. The average Bonchev–Trinajstić information content (AvgIpc) is 3.12. The van der Waals surface area contributed by atoms with Gasteiger partial charge in [-0.05, 0) is 41.5 Å². The van der Waals surface area contributed by atoms with Gasteiger partial charge in [0.15, 0.2) is 5.52 Å². The molecule has 0 aliphatic carbocycles. The summed E-state index contributed by atoms with van der Waals surface area (Å²) in [6, 6.07) is 6.71. The molecule has 138 valence electrons. The van der Waals surface area contributed by atoms with Crippen molar-refractivity contribution in [3.05, 3.63) is 56.1 Å². The molecule has 3 aromatic rings. The summed E-state index contributed by atoms with van der Waals surface area (Å²) >= 11 is 0. The van der Waals surface area contributed by atoms with Crippen molar-refractivity contribution in [2.75, 3.05) is 11.9 Å². The lowest BCUT2D eigenvalue weighted by atomic mass is 10.1. The van der Waals surface area contributed by atoms with E-state index in [1.54, 1.807) is 6.92 Å². The third kappa shape index (κ3) is 3.35. The van der Waals surface area contributed by atoms with Gasteiger partial charge in [0.2, 0.25) is 5.52 Å². The molecule has 2 aromatic carbocycles. The Morgan fingerprint density at radius 3 is 2.33 bits per heavy atom. The number of fused-ring (bicyclic) bond motifs is 1. The number of benzene rings is 2. The average molecular weight is 373 g/mol. The second-order valence-electron chi connectivity index (χ2n) is 5.19. The number of nitro benzene ring substituents is 2. The van der Waals surface area contributed by atoms with Crippen LogP contribution in [0.3, 0.4) is 0 Å². The Morgan fingerprint density at radius 1 is 1.11 bits per heavy atom. The topological polar surface area (TPSA) is 164 Å². The smallest absolute Gasteiger partial charge is 0.338 e. The van der Waals surface area contributed by atoms with Crippen LogP contribution in [0.2, 0.25) is 0 Å². The highest BCUT2D eigenvalue weighted by atomic mass is 16.6. The largest absolute Gasteiger partial charge is 0.462 e. The van der Waals surface area contributed by atoms with Crippen molar-refractivity contribution in [1.82, 2.24) is 10.3 Å². The summed E-state index contributed by atoms with van der Waals surface area (Å²) in [7, 11) is 0. The van der Waals surface area contributed by atoms with Gasteiger partial charge < -0.3 is 10.1 Å². The highest BCUT2D eigenvalue weighted by Gasteiger charge is 2.29. The zero-order chi connectivity index (χ0) is 19.6. The van der Waals surface area contributed by atoms with Crippen LogP contribution in [0.4, 0.5) is 22.7 Å². The van der Waals surface area contributed by atoms with Crippen molar-refractivity contribution in [1.29, 1.82) is 0 Å². The first-order valence-electron chi connectivity index (χ1n) is 7.54. The normalized spacial score (nSPS) is 10.6. The number of carbonyl (C=O) groups excluding carboxylic acids is 1. The number of esters is 1. The van der Waals surface area contributed by atoms with Gasteiger partial charge in [-0.25, -0.2) is 9.42 Å². The van der Waals surface area contributed by atoms with E-state index in [0.29, 0.717) is 11.3 Å². The van der Waals surface area contributed by atoms with Crippen LogP contribution in [0.25, 0.3) is 11.0 Å². The van der Waals surface area contributed by atoms with Gasteiger partial charge in [-0.15, -0.1) is 0 Å². The van der Waals surface area contributed by atoms with Gasteiger partial charge in [0.25, 0.3) is 0 Å². The molecule has 0 spiro atoms. The Kier molecular flexibility index (Phi) is 4.62. The number of nitrogens with one attached hydrogen (secondary N) is 1. The van der Waals surface area contributed by atoms with Crippen LogP contribution in [0.5, 0.6) is 0 Å². The van der Waals surface area contributed by atoms with Crippen molar-refractivity contribution in [2.24, 2.45) is 0 Å². The van der Waals surface area contributed by atoms with E-state index in [1.807, 2.05) is 0 Å². The number of anilines is 2. The minimum absolute atomic E-state index is 0.120. The first-order chi connectivity index (χ1) is 12.9. The van der Waals surface area contributed by atoms with Crippen molar-refractivity contribution in [3.63, 3.8) is 0 Å². The third-order valence-corrected chi connectivity index (χ3v) is 3.56. The summed E-state index contributed by atoms with van der Waals surface area (Å²) in [4.78, 5) is 32.6. The molecule has 3 rings (SSSR count). The molecule has 0 bridgehead atoms. The zero-order valence-corrected chi connectivity index (χ0v) is 13.7. The van der Waals surface area contributed by atoms with Gasteiger partial charge in [0.1, 0.15) is 5.69 Å². The molecule has 0 unspecified atom stereocenters. The second kappa shape index (κ2) is 7.03. The maximum absolute atomic E-state index is 11.7. The van der Waals surface area contributed by atoms with E-state index >= 15 is 0 Å². The Bertz CT molecular complexity index is 1040. The maximum atomic E-state index is 11.7. The van der Waals surface area contributed by atoms with Crippen LogP contribution in [0.15, 0.2) is 35.0 Å². The maximum Gasteiger partial charge on any atom is 0.338 e. The molecule has 1 aromatic heterocycles. The monoisotopic (exact) mass is 373 g/mol. The summed E-state index contributed by atoms with van der Waals surface area (Å²) in [5.74, 6) is -0.506. The number of carbonyl (C=O) groups is 1. The van der Waals surface area contributed by atoms with Gasteiger partial charge >= 0.3 is 17.3 Å². The fourth-order valence-corrected chi connectivity index (χ4v) is 2.37. The minimum atomic E-state index is -0.808. The van der Waals surface area contributed by atoms with E-state index in [1.165, 1.54) is 24.3 Å². The molecule has 1 heterocycles. The Morgan fingerprint density at radius 2 is 1.74 bits per heavy atom. The number of ether oxygens (including phenoxy) is 1.